The van der Waals surface area contributed by atoms with Gasteiger partial charge in [-0.15, -0.1) is 0 Å². The number of hydrogen-bond acceptors (Lipinski definition) is 4. The number of oxazole rings is 1. The molecule has 2 aromatic rings. The Kier molecular flexibility index (Phi) is 1.10. The minimum absolute atomic E-state index is 0.353. The van der Waals surface area contributed by atoms with E-state index < -0.39 is 0 Å². The van der Waals surface area contributed by atoms with Crippen LogP contribution in [0.1, 0.15) is 5.69 Å². The Hall–Kier alpha value is -1.89. The molecule has 52 valence electrons. The second kappa shape index (κ2) is 2.06. The van der Waals surface area contributed by atoms with Gasteiger partial charge in [-0.25, -0.2) is 4.98 Å². The van der Waals surface area contributed by atoms with Gasteiger partial charge in [-0.05, 0) is 12.1 Å². The lowest BCUT2D eigenvalue weighted by atomic mass is 10.4. The van der Waals surface area contributed by atoms with Crippen molar-refractivity contribution in [3.05, 3.63) is 24.2 Å². The molecular weight excluding hydrogens is 142 g/mol. The largest absolute Gasteiger partial charge is 0.442 e. The van der Waals surface area contributed by atoms with Crippen LogP contribution in [-0.4, -0.2) is 9.97 Å². The molecule has 0 unspecified atom stereocenters. The van der Waals surface area contributed by atoms with E-state index in [4.69, 9.17) is 9.68 Å². The summed E-state index contributed by atoms with van der Waals surface area (Å²) in [4.78, 5) is 7.69. The van der Waals surface area contributed by atoms with Gasteiger partial charge in [0.15, 0.2) is 17.6 Å². The second-order valence-corrected chi connectivity index (χ2v) is 1.98. The summed E-state index contributed by atoms with van der Waals surface area (Å²) in [7, 11) is 0. The minimum atomic E-state index is 0.353. The molecule has 4 heteroatoms. The first-order chi connectivity index (χ1) is 5.40. The number of pyridine rings is 1. The Balaban J connectivity index is 2.79. The standard InChI is InChI=1S/C7H3N3O/c8-3-5-1-2-6-7(10-5)9-4-11-6/h1-2,4H. The summed E-state index contributed by atoms with van der Waals surface area (Å²) < 4.78 is 4.93. The lowest BCUT2D eigenvalue weighted by molar-refractivity contribution is 0.602. The molecule has 0 aliphatic carbocycles. The van der Waals surface area contributed by atoms with Crippen LogP contribution >= 0.6 is 0 Å². The molecule has 0 N–H and O–H groups in total. The zero-order valence-corrected chi connectivity index (χ0v) is 5.48. The maximum Gasteiger partial charge on any atom is 0.199 e. The van der Waals surface area contributed by atoms with Gasteiger partial charge in [0.25, 0.3) is 0 Å². The van der Waals surface area contributed by atoms with Crippen molar-refractivity contribution in [2.75, 3.05) is 0 Å². The molecule has 0 bridgehead atoms. The molecule has 0 atom stereocenters. The van der Waals surface area contributed by atoms with Crippen LogP contribution in [0.3, 0.4) is 0 Å². The van der Waals surface area contributed by atoms with Crippen molar-refractivity contribution in [1.29, 1.82) is 5.26 Å². The fourth-order valence-electron chi connectivity index (χ4n) is 0.815. The Bertz CT molecular complexity index is 426. The molecule has 0 aromatic carbocycles. The monoisotopic (exact) mass is 145 g/mol. The first-order valence-corrected chi connectivity index (χ1v) is 3.00. The average molecular weight is 145 g/mol. The number of fused-ring (bicyclic) bond motifs is 1. The van der Waals surface area contributed by atoms with Crippen molar-refractivity contribution in [1.82, 2.24) is 9.97 Å². The van der Waals surface area contributed by atoms with Crippen LogP contribution in [0.2, 0.25) is 0 Å². The lowest BCUT2D eigenvalue weighted by Gasteiger charge is -1.84. The molecule has 2 rings (SSSR count). The summed E-state index contributed by atoms with van der Waals surface area (Å²) >= 11 is 0. The molecule has 0 saturated heterocycles. The average Bonchev–Trinajstić information content (AvgIpc) is 2.50. The smallest absolute Gasteiger partial charge is 0.199 e. The molecule has 0 radical (unpaired) electrons. The van der Waals surface area contributed by atoms with Crippen LogP contribution in [0.4, 0.5) is 0 Å². The fraction of sp³-hybridized carbons (Fsp3) is 0. The Morgan fingerprint density at radius 3 is 3.18 bits per heavy atom. The van der Waals surface area contributed by atoms with E-state index in [9.17, 15) is 0 Å². The molecule has 11 heavy (non-hydrogen) atoms. The number of hydrogen-bond donors (Lipinski definition) is 0. The highest BCUT2D eigenvalue weighted by atomic mass is 16.3. The van der Waals surface area contributed by atoms with Crippen molar-refractivity contribution in [3.63, 3.8) is 0 Å². The zero-order valence-electron chi connectivity index (χ0n) is 5.48. The maximum absolute atomic E-state index is 8.46. The minimum Gasteiger partial charge on any atom is -0.442 e. The third-order valence-electron chi connectivity index (χ3n) is 1.31. The highest BCUT2D eigenvalue weighted by Crippen LogP contribution is 2.08. The maximum atomic E-state index is 8.46. The van der Waals surface area contributed by atoms with Crippen LogP contribution in [0.25, 0.3) is 11.2 Å². The van der Waals surface area contributed by atoms with Crippen molar-refractivity contribution in [3.8, 4) is 6.07 Å². The first kappa shape index (κ1) is 5.86. The van der Waals surface area contributed by atoms with E-state index in [0.717, 1.165) is 0 Å². The van der Waals surface area contributed by atoms with Gasteiger partial charge in [0.05, 0.1) is 0 Å². The van der Waals surface area contributed by atoms with Crippen molar-refractivity contribution >= 4 is 11.2 Å². The van der Waals surface area contributed by atoms with Crippen LogP contribution in [0, 0.1) is 11.3 Å². The van der Waals surface area contributed by atoms with E-state index in [1.54, 1.807) is 12.1 Å². The van der Waals surface area contributed by atoms with Gasteiger partial charge in [-0.1, -0.05) is 0 Å². The van der Waals surface area contributed by atoms with Crippen LogP contribution in [0.5, 0.6) is 0 Å². The molecular formula is C7H3N3O. The Labute approximate surface area is 62.1 Å². The Morgan fingerprint density at radius 1 is 1.45 bits per heavy atom. The summed E-state index contributed by atoms with van der Waals surface area (Å²) in [6, 6.07) is 5.18. The molecule has 0 spiro atoms. The summed E-state index contributed by atoms with van der Waals surface area (Å²) in [5.41, 5.74) is 1.43. The van der Waals surface area contributed by atoms with E-state index in [0.29, 0.717) is 16.9 Å². The number of nitriles is 1. The van der Waals surface area contributed by atoms with Gasteiger partial charge in [0, 0.05) is 0 Å². The van der Waals surface area contributed by atoms with Gasteiger partial charge in [-0.3, -0.25) is 0 Å². The summed E-state index contributed by atoms with van der Waals surface area (Å²) in [5.74, 6) is 0. The Morgan fingerprint density at radius 2 is 2.36 bits per heavy atom. The zero-order chi connectivity index (χ0) is 7.68. The van der Waals surface area contributed by atoms with E-state index in [2.05, 4.69) is 9.97 Å². The molecule has 0 aliphatic rings. The van der Waals surface area contributed by atoms with Crippen molar-refractivity contribution in [2.24, 2.45) is 0 Å². The third-order valence-corrected chi connectivity index (χ3v) is 1.31. The molecule has 0 saturated carbocycles. The van der Waals surface area contributed by atoms with Crippen molar-refractivity contribution in [2.45, 2.75) is 0 Å². The van der Waals surface area contributed by atoms with Crippen LogP contribution < -0.4 is 0 Å². The highest BCUT2D eigenvalue weighted by molar-refractivity contribution is 5.67. The van der Waals surface area contributed by atoms with E-state index in [-0.39, 0.29) is 0 Å². The lowest BCUT2D eigenvalue weighted by Crippen LogP contribution is -1.81. The predicted octanol–water partition coefficient (Wildman–Crippen LogP) is 1.09. The molecule has 0 fully saturated rings. The van der Waals surface area contributed by atoms with Gasteiger partial charge < -0.3 is 4.42 Å². The van der Waals surface area contributed by atoms with Crippen LogP contribution in [0.15, 0.2) is 22.9 Å². The molecule has 2 heterocycles. The van der Waals surface area contributed by atoms with Crippen molar-refractivity contribution < 1.29 is 4.42 Å². The highest BCUT2D eigenvalue weighted by Gasteiger charge is 1.99. The van der Waals surface area contributed by atoms with Gasteiger partial charge in [-0.2, -0.15) is 10.2 Å². The molecule has 4 nitrogen and oxygen atoms in total. The second-order valence-electron chi connectivity index (χ2n) is 1.98. The summed E-state index contributed by atoms with van der Waals surface area (Å²) in [6.07, 6.45) is 1.30. The quantitative estimate of drug-likeness (QED) is 0.556. The predicted molar refractivity (Wildman–Crippen MR) is 36.5 cm³/mol. The van der Waals surface area contributed by atoms with Crippen LogP contribution in [-0.2, 0) is 0 Å². The summed E-state index contributed by atoms with van der Waals surface area (Å²) in [6.45, 7) is 0. The normalized spacial score (nSPS) is 9.73. The number of nitrogens with zero attached hydrogens (tertiary/aromatic N) is 3. The van der Waals surface area contributed by atoms with Gasteiger partial charge >= 0.3 is 0 Å². The van der Waals surface area contributed by atoms with Gasteiger partial charge in [0.2, 0.25) is 0 Å². The first-order valence-electron chi connectivity index (χ1n) is 3.00. The number of rotatable bonds is 0. The molecule has 2 aromatic heterocycles. The van der Waals surface area contributed by atoms with E-state index in [1.807, 2.05) is 6.07 Å². The molecule has 0 amide bonds. The van der Waals surface area contributed by atoms with E-state index in [1.165, 1.54) is 6.39 Å². The van der Waals surface area contributed by atoms with Gasteiger partial charge in [0.1, 0.15) is 11.8 Å². The van der Waals surface area contributed by atoms with E-state index >= 15 is 0 Å². The fourth-order valence-corrected chi connectivity index (χ4v) is 0.815. The number of aromatic nitrogens is 2. The SMILES string of the molecule is N#Cc1ccc2ocnc2n1. The molecule has 0 aliphatic heterocycles. The third kappa shape index (κ3) is 0.829. The topological polar surface area (TPSA) is 62.7 Å². The summed E-state index contributed by atoms with van der Waals surface area (Å²) in [5, 5.41) is 8.46.